The first kappa shape index (κ1) is 17.4. The Morgan fingerprint density at radius 2 is 1.50 bits per heavy atom. The molecule has 3 N–H and O–H groups in total. The van der Waals surface area contributed by atoms with E-state index < -0.39 is 28.2 Å². The van der Waals surface area contributed by atoms with Crippen molar-refractivity contribution in [2.45, 2.75) is 11.0 Å². The molecule has 0 aliphatic carbocycles. The molecule has 0 bridgehead atoms. The molecule has 0 amide bonds. The molecule has 9 heteroatoms. The summed E-state index contributed by atoms with van der Waals surface area (Å²) < 4.78 is 35.9. The predicted octanol–water partition coefficient (Wildman–Crippen LogP) is 1.52. The fourth-order valence-corrected chi connectivity index (χ4v) is 2.39. The lowest BCUT2D eigenvalue weighted by Gasteiger charge is -2.12. The summed E-state index contributed by atoms with van der Waals surface area (Å²) >= 11 is 0. The predicted molar refractivity (Wildman–Crippen MR) is 81.4 cm³/mol. The molecule has 126 valence electrons. The van der Waals surface area contributed by atoms with Crippen LogP contribution >= 0.6 is 0 Å². The van der Waals surface area contributed by atoms with E-state index in [4.69, 9.17) is 19.5 Å². The third-order valence-corrected chi connectivity index (χ3v) is 3.89. The van der Waals surface area contributed by atoms with Crippen LogP contribution in [0.5, 0.6) is 5.75 Å². The van der Waals surface area contributed by atoms with E-state index in [1.165, 1.54) is 42.5 Å². The van der Waals surface area contributed by atoms with Crippen molar-refractivity contribution in [3.63, 3.8) is 0 Å². The Bertz CT molecular complexity index is 857. The minimum Gasteiger partial charge on any atom is -0.478 e. The maximum Gasteiger partial charge on any atom is 0.356 e. The number of aliphatic carboxylic acids is 2. The van der Waals surface area contributed by atoms with Gasteiger partial charge >= 0.3 is 11.9 Å². The van der Waals surface area contributed by atoms with E-state index in [2.05, 4.69) is 0 Å². The molecule has 0 saturated heterocycles. The monoisotopic (exact) mass is 352 g/mol. The number of carbonyl (C=O) groups is 2. The molecule has 0 heterocycles. The number of carboxylic acid groups (broad SMARTS) is 2. The molecule has 2 aromatic carbocycles. The zero-order valence-electron chi connectivity index (χ0n) is 12.0. The molecular weight excluding hydrogens is 340 g/mol. The van der Waals surface area contributed by atoms with Gasteiger partial charge in [-0.3, -0.25) is 4.55 Å². The molecule has 2 aromatic rings. The van der Waals surface area contributed by atoms with Crippen LogP contribution in [0.1, 0.15) is 0 Å². The molecule has 0 radical (unpaired) electrons. The molecule has 0 fully saturated rings. The highest BCUT2D eigenvalue weighted by atomic mass is 32.2. The largest absolute Gasteiger partial charge is 0.478 e. The second-order valence-electron chi connectivity index (χ2n) is 4.70. The molecule has 8 nitrogen and oxygen atoms in total. The van der Waals surface area contributed by atoms with Crippen LogP contribution in [-0.4, -0.2) is 41.2 Å². The Hall–Kier alpha value is -2.91. The summed E-state index contributed by atoms with van der Waals surface area (Å²) in [6.45, 7) is 0. The van der Waals surface area contributed by atoms with Gasteiger partial charge in [0.25, 0.3) is 16.2 Å². The van der Waals surface area contributed by atoms with Gasteiger partial charge < -0.3 is 14.9 Å². The molecule has 0 aromatic heterocycles. The van der Waals surface area contributed by atoms with Gasteiger partial charge in [0, 0.05) is 0 Å². The minimum absolute atomic E-state index is 0.0288. The number of hydrogen-bond acceptors (Lipinski definition) is 5. The maximum absolute atomic E-state index is 11.0. The summed E-state index contributed by atoms with van der Waals surface area (Å²) in [4.78, 5) is 21.4. The van der Waals surface area contributed by atoms with Gasteiger partial charge in [-0.2, -0.15) is 8.42 Å². The Morgan fingerprint density at radius 3 is 2.00 bits per heavy atom. The Balaban J connectivity index is 2.30. The van der Waals surface area contributed by atoms with Gasteiger partial charge in [0.2, 0.25) is 0 Å². The molecule has 0 saturated carbocycles. The summed E-state index contributed by atoms with van der Waals surface area (Å²) in [5, 5.41) is 17.6. The molecule has 0 aliphatic heterocycles. The Morgan fingerprint density at radius 1 is 0.917 bits per heavy atom. The SMILES string of the molecule is O=C(O)C(Oc1cccc(-c2ccc(S(=O)(=O)O)cc2)c1)C(=O)O. The van der Waals surface area contributed by atoms with Crippen LogP contribution in [0.4, 0.5) is 0 Å². The van der Waals surface area contributed by atoms with E-state index in [0.717, 1.165) is 0 Å². The maximum atomic E-state index is 11.0. The lowest BCUT2D eigenvalue weighted by Crippen LogP contribution is -2.35. The number of ether oxygens (including phenoxy) is 1. The standard InChI is InChI=1S/C15H12O8S/c16-14(17)13(15(18)19)23-11-3-1-2-10(8-11)9-4-6-12(7-5-9)24(20,21)22/h1-8,13H,(H,16,17)(H,18,19)(H,20,21,22). The second-order valence-corrected chi connectivity index (χ2v) is 6.12. The topological polar surface area (TPSA) is 138 Å². The first-order chi connectivity index (χ1) is 11.2. The van der Waals surface area contributed by atoms with Gasteiger partial charge in [-0.15, -0.1) is 0 Å². The zero-order chi connectivity index (χ0) is 17.9. The molecule has 0 spiro atoms. The summed E-state index contributed by atoms with van der Waals surface area (Å²) in [6.07, 6.45) is -2.04. The van der Waals surface area contributed by atoms with Crippen molar-refractivity contribution in [3.8, 4) is 16.9 Å². The summed E-state index contributed by atoms with van der Waals surface area (Å²) in [5.41, 5.74) is 1.11. The summed E-state index contributed by atoms with van der Waals surface area (Å²) in [6, 6.07) is 11.3. The number of rotatable bonds is 6. The normalized spacial score (nSPS) is 11.2. The molecule has 2 rings (SSSR count). The molecule has 24 heavy (non-hydrogen) atoms. The van der Waals surface area contributed by atoms with Crippen molar-refractivity contribution < 1.29 is 37.5 Å². The van der Waals surface area contributed by atoms with Gasteiger partial charge in [-0.1, -0.05) is 24.3 Å². The van der Waals surface area contributed by atoms with E-state index in [0.29, 0.717) is 11.1 Å². The first-order valence-corrected chi connectivity index (χ1v) is 7.93. The Kier molecular flexibility index (Phi) is 4.86. The van der Waals surface area contributed by atoms with E-state index in [1.807, 2.05) is 0 Å². The van der Waals surface area contributed by atoms with E-state index in [-0.39, 0.29) is 10.6 Å². The van der Waals surface area contributed by atoms with Crippen molar-refractivity contribution in [2.75, 3.05) is 0 Å². The fraction of sp³-hybridized carbons (Fsp3) is 0.0667. The second kappa shape index (κ2) is 6.69. The van der Waals surface area contributed by atoms with Crippen LogP contribution in [-0.2, 0) is 19.7 Å². The molecule has 0 aliphatic rings. The highest BCUT2D eigenvalue weighted by Gasteiger charge is 2.27. The van der Waals surface area contributed by atoms with E-state index in [9.17, 15) is 18.0 Å². The van der Waals surface area contributed by atoms with Gasteiger partial charge in [0.05, 0.1) is 4.90 Å². The van der Waals surface area contributed by atoms with Crippen molar-refractivity contribution in [1.29, 1.82) is 0 Å². The van der Waals surface area contributed by atoms with Crippen molar-refractivity contribution in [1.82, 2.24) is 0 Å². The first-order valence-electron chi connectivity index (χ1n) is 6.49. The number of hydrogen-bond donors (Lipinski definition) is 3. The van der Waals surface area contributed by atoms with Crippen LogP contribution in [0, 0.1) is 0 Å². The van der Waals surface area contributed by atoms with Crippen LogP contribution in [0.15, 0.2) is 53.4 Å². The number of benzene rings is 2. The average molecular weight is 352 g/mol. The van der Waals surface area contributed by atoms with Crippen LogP contribution in [0.25, 0.3) is 11.1 Å². The van der Waals surface area contributed by atoms with Crippen molar-refractivity contribution in [3.05, 3.63) is 48.5 Å². The average Bonchev–Trinajstić information content (AvgIpc) is 2.51. The molecule has 0 atom stereocenters. The highest BCUT2D eigenvalue weighted by Crippen LogP contribution is 2.25. The van der Waals surface area contributed by atoms with Gasteiger partial charge in [-0.05, 0) is 35.4 Å². The van der Waals surface area contributed by atoms with Crippen molar-refractivity contribution in [2.24, 2.45) is 0 Å². The lowest BCUT2D eigenvalue weighted by molar-refractivity contribution is -0.159. The molecular formula is C15H12O8S. The van der Waals surface area contributed by atoms with Crippen LogP contribution in [0.2, 0.25) is 0 Å². The van der Waals surface area contributed by atoms with Crippen molar-refractivity contribution >= 4 is 22.1 Å². The quantitative estimate of drug-likeness (QED) is 0.525. The highest BCUT2D eigenvalue weighted by molar-refractivity contribution is 7.85. The summed E-state index contributed by atoms with van der Waals surface area (Å²) in [7, 11) is -4.30. The zero-order valence-corrected chi connectivity index (χ0v) is 12.8. The van der Waals surface area contributed by atoms with Gasteiger partial charge in [0.1, 0.15) is 5.75 Å². The smallest absolute Gasteiger partial charge is 0.356 e. The van der Waals surface area contributed by atoms with Gasteiger partial charge in [0.15, 0.2) is 0 Å². The fourth-order valence-electron chi connectivity index (χ4n) is 1.91. The van der Waals surface area contributed by atoms with Gasteiger partial charge in [-0.25, -0.2) is 9.59 Å². The number of carboxylic acids is 2. The minimum atomic E-state index is -4.30. The van der Waals surface area contributed by atoms with Crippen LogP contribution in [0.3, 0.4) is 0 Å². The summed E-state index contributed by atoms with van der Waals surface area (Å²) in [5.74, 6) is -3.24. The van der Waals surface area contributed by atoms with E-state index in [1.54, 1.807) is 6.07 Å². The van der Waals surface area contributed by atoms with Crippen LogP contribution < -0.4 is 4.74 Å². The third-order valence-electron chi connectivity index (χ3n) is 3.02. The lowest BCUT2D eigenvalue weighted by atomic mass is 10.1. The molecule has 0 unspecified atom stereocenters. The Labute approximate surface area is 136 Å². The third kappa shape index (κ3) is 4.09. The van der Waals surface area contributed by atoms with E-state index >= 15 is 0 Å².